The molecule has 0 nitrogen and oxygen atoms in total. The molecular weight excluding hydrogens is 240 g/mol. The van der Waals surface area contributed by atoms with Gasteiger partial charge in [-0.2, -0.15) is 0 Å². The van der Waals surface area contributed by atoms with E-state index in [2.05, 4.69) is 87.5 Å². The molecule has 0 N–H and O–H groups in total. The van der Waals surface area contributed by atoms with Gasteiger partial charge in [0.25, 0.3) is 0 Å². The molecule has 2 aliphatic carbocycles. The van der Waals surface area contributed by atoms with E-state index in [1.54, 1.807) is 0 Å². The summed E-state index contributed by atoms with van der Waals surface area (Å²) in [5, 5.41) is 0. The maximum absolute atomic E-state index is 2.27. The van der Waals surface area contributed by atoms with E-state index in [0.717, 1.165) is 0 Å². The summed E-state index contributed by atoms with van der Waals surface area (Å²) >= 11 is 0. The first kappa shape index (κ1) is 12.9. The Balaban J connectivity index is 2.24. The maximum atomic E-state index is 2.27. The van der Waals surface area contributed by atoms with Gasteiger partial charge >= 0.3 is 0 Å². The molecule has 20 heavy (non-hydrogen) atoms. The summed E-state index contributed by atoms with van der Waals surface area (Å²) in [5.41, 5.74) is 6.86. The second-order valence-electron chi connectivity index (χ2n) is 6.32. The molecular formula is C20H20. The van der Waals surface area contributed by atoms with Crippen LogP contribution in [0.4, 0.5) is 0 Å². The van der Waals surface area contributed by atoms with Crippen LogP contribution in [0.1, 0.15) is 26.3 Å². The molecule has 100 valence electrons. The molecule has 0 bridgehead atoms. The Hall–Kier alpha value is -2.08. The molecule has 1 aromatic carbocycles. The number of hydrogen-bond acceptors (Lipinski definition) is 0. The van der Waals surface area contributed by atoms with Crippen LogP contribution in [0.2, 0.25) is 0 Å². The van der Waals surface area contributed by atoms with Crippen molar-refractivity contribution in [3.05, 3.63) is 72.3 Å². The molecule has 2 aliphatic rings. The van der Waals surface area contributed by atoms with Gasteiger partial charge in [-0.1, -0.05) is 87.5 Å². The van der Waals surface area contributed by atoms with Crippen molar-refractivity contribution < 1.29 is 0 Å². The lowest BCUT2D eigenvalue weighted by Gasteiger charge is -2.23. The quantitative estimate of drug-likeness (QED) is 0.522. The third kappa shape index (κ3) is 2.22. The van der Waals surface area contributed by atoms with Gasteiger partial charge in [0.1, 0.15) is 0 Å². The molecule has 0 aromatic heterocycles. The average molecular weight is 260 g/mol. The molecule has 0 saturated carbocycles. The van der Waals surface area contributed by atoms with Crippen LogP contribution in [-0.2, 0) is 5.41 Å². The monoisotopic (exact) mass is 260 g/mol. The van der Waals surface area contributed by atoms with E-state index >= 15 is 0 Å². The molecule has 0 radical (unpaired) electrons. The summed E-state index contributed by atoms with van der Waals surface area (Å²) in [6.07, 6.45) is 0. The zero-order valence-corrected chi connectivity index (χ0v) is 12.4. The van der Waals surface area contributed by atoms with Gasteiger partial charge in [0.15, 0.2) is 0 Å². The van der Waals surface area contributed by atoms with Crippen molar-refractivity contribution in [3.8, 4) is 22.3 Å². The van der Waals surface area contributed by atoms with E-state index in [9.17, 15) is 0 Å². The fraction of sp³-hybridized carbons (Fsp3) is 0.200. The summed E-state index contributed by atoms with van der Waals surface area (Å²) in [5.74, 6) is 0. The molecule has 1 aromatic rings. The van der Waals surface area contributed by atoms with Crippen LogP contribution in [-0.4, -0.2) is 0 Å². The van der Waals surface area contributed by atoms with Crippen molar-refractivity contribution in [2.75, 3.05) is 0 Å². The van der Waals surface area contributed by atoms with E-state index in [-0.39, 0.29) is 5.41 Å². The third-order valence-corrected chi connectivity index (χ3v) is 3.82. The molecule has 0 spiro atoms. The number of rotatable bonds is 1. The highest BCUT2D eigenvalue weighted by molar-refractivity contribution is 5.87. The zero-order valence-electron chi connectivity index (χ0n) is 12.4. The molecule has 0 unspecified atom stereocenters. The summed E-state index contributed by atoms with van der Waals surface area (Å²) in [6.45, 7) is 6.82. The van der Waals surface area contributed by atoms with Gasteiger partial charge in [0, 0.05) is 0 Å². The first-order valence-corrected chi connectivity index (χ1v) is 7.15. The van der Waals surface area contributed by atoms with Gasteiger partial charge in [-0.05, 0) is 33.2 Å². The lowest BCUT2D eigenvalue weighted by atomic mass is 9.81. The van der Waals surface area contributed by atoms with Crippen molar-refractivity contribution in [1.29, 1.82) is 0 Å². The second-order valence-corrected chi connectivity index (χ2v) is 6.32. The maximum Gasteiger partial charge on any atom is -0.0102 e. The van der Waals surface area contributed by atoms with Crippen LogP contribution in [0, 0.1) is 0 Å². The highest BCUT2D eigenvalue weighted by Crippen LogP contribution is 2.39. The van der Waals surface area contributed by atoms with Gasteiger partial charge in [-0.3, -0.25) is 0 Å². The van der Waals surface area contributed by atoms with Gasteiger partial charge in [0.2, 0.25) is 0 Å². The summed E-state index contributed by atoms with van der Waals surface area (Å²) in [6, 6.07) is 23.9. The standard InChI is InChI=1S/C20H20/c1-20(2,3)19-12-8-7-11-18(19)17-14-13-15-9-5-4-6-10-16(15)17/h4-14H,1-3H3. The molecule has 0 amide bonds. The van der Waals surface area contributed by atoms with Crippen molar-refractivity contribution in [3.63, 3.8) is 0 Å². The Morgan fingerprint density at radius 1 is 0.550 bits per heavy atom. The van der Waals surface area contributed by atoms with E-state index in [0.29, 0.717) is 0 Å². The smallest absolute Gasteiger partial charge is 0.0102 e. The lowest BCUT2D eigenvalue weighted by Crippen LogP contribution is -2.12. The summed E-state index contributed by atoms with van der Waals surface area (Å²) < 4.78 is 0. The molecule has 3 rings (SSSR count). The van der Waals surface area contributed by atoms with E-state index in [1.165, 1.54) is 27.8 Å². The van der Waals surface area contributed by atoms with Crippen molar-refractivity contribution in [1.82, 2.24) is 0 Å². The van der Waals surface area contributed by atoms with Gasteiger partial charge in [-0.25, -0.2) is 0 Å². The minimum Gasteiger partial charge on any atom is -0.0622 e. The second kappa shape index (κ2) is 4.79. The fourth-order valence-electron chi connectivity index (χ4n) is 2.82. The van der Waals surface area contributed by atoms with Crippen LogP contribution in [0.25, 0.3) is 22.3 Å². The average Bonchev–Trinajstić information content (AvgIpc) is 2.66. The lowest BCUT2D eigenvalue weighted by molar-refractivity contribution is 0.592. The number of benzene rings is 1. The SMILES string of the molecule is CC(C)(C)c1ccccc1-c1ccc2cccccc1-2. The van der Waals surface area contributed by atoms with Gasteiger partial charge in [-0.15, -0.1) is 0 Å². The zero-order chi connectivity index (χ0) is 14.2. The van der Waals surface area contributed by atoms with Crippen molar-refractivity contribution in [2.45, 2.75) is 26.2 Å². The van der Waals surface area contributed by atoms with Gasteiger partial charge < -0.3 is 0 Å². The Kier molecular flexibility index (Phi) is 3.10. The molecule has 0 heterocycles. The Bertz CT molecular complexity index is 701. The Morgan fingerprint density at radius 2 is 1.20 bits per heavy atom. The van der Waals surface area contributed by atoms with Crippen LogP contribution in [0.5, 0.6) is 0 Å². The largest absolute Gasteiger partial charge is 0.0622 e. The Morgan fingerprint density at radius 3 is 2.00 bits per heavy atom. The summed E-state index contributed by atoms with van der Waals surface area (Å²) in [4.78, 5) is 0. The van der Waals surface area contributed by atoms with Gasteiger partial charge in [0.05, 0.1) is 0 Å². The van der Waals surface area contributed by atoms with Crippen molar-refractivity contribution >= 4 is 0 Å². The molecule has 0 saturated heterocycles. The topological polar surface area (TPSA) is 0 Å². The fourth-order valence-corrected chi connectivity index (χ4v) is 2.82. The predicted molar refractivity (Wildman–Crippen MR) is 87.2 cm³/mol. The minimum atomic E-state index is 0.150. The van der Waals surface area contributed by atoms with E-state index in [4.69, 9.17) is 0 Å². The van der Waals surface area contributed by atoms with Crippen LogP contribution < -0.4 is 0 Å². The highest BCUT2D eigenvalue weighted by Gasteiger charge is 2.20. The van der Waals surface area contributed by atoms with E-state index in [1.807, 2.05) is 0 Å². The van der Waals surface area contributed by atoms with Crippen molar-refractivity contribution in [2.24, 2.45) is 0 Å². The first-order valence-electron chi connectivity index (χ1n) is 7.15. The van der Waals surface area contributed by atoms with Crippen LogP contribution >= 0.6 is 0 Å². The highest BCUT2D eigenvalue weighted by atomic mass is 14.2. The van der Waals surface area contributed by atoms with E-state index < -0.39 is 0 Å². The first-order chi connectivity index (χ1) is 9.57. The molecule has 0 aliphatic heterocycles. The number of hydrogen-bond donors (Lipinski definition) is 0. The predicted octanol–water partition coefficient (Wildman–Crippen LogP) is 5.76. The molecule has 0 atom stereocenters. The number of fused-ring (bicyclic) bond motifs is 1. The Labute approximate surface area is 121 Å². The summed E-state index contributed by atoms with van der Waals surface area (Å²) in [7, 11) is 0. The third-order valence-electron chi connectivity index (χ3n) is 3.82. The molecule has 0 fully saturated rings. The normalized spacial score (nSPS) is 11.8. The minimum absolute atomic E-state index is 0.150. The molecule has 0 heteroatoms. The van der Waals surface area contributed by atoms with Crippen LogP contribution in [0.15, 0.2) is 66.7 Å². The van der Waals surface area contributed by atoms with Crippen LogP contribution in [0.3, 0.4) is 0 Å².